The van der Waals surface area contributed by atoms with Crippen molar-refractivity contribution >= 4 is 29.0 Å². The van der Waals surface area contributed by atoms with Gasteiger partial charge in [0.25, 0.3) is 5.91 Å². The number of esters is 1. The van der Waals surface area contributed by atoms with Crippen LogP contribution >= 0.6 is 11.3 Å². The Morgan fingerprint density at radius 2 is 1.96 bits per heavy atom. The summed E-state index contributed by atoms with van der Waals surface area (Å²) in [7, 11) is 3.03. The van der Waals surface area contributed by atoms with E-state index in [4.69, 9.17) is 4.74 Å². The molecule has 0 atom stereocenters. The standard InChI is InChI=1S/C18H22N2O4S/c1-6-20(17(22)14-8-7-9-25-14)10-13(21)15-11(2)16(18(23)24-5)19(4)12(15)3/h7-9H,6,10H2,1-5H3. The van der Waals surface area contributed by atoms with E-state index >= 15 is 0 Å². The molecule has 0 radical (unpaired) electrons. The van der Waals surface area contributed by atoms with Crippen molar-refractivity contribution in [2.45, 2.75) is 20.8 Å². The Bertz CT molecular complexity index is 806. The first-order valence-corrected chi connectivity index (χ1v) is 8.81. The summed E-state index contributed by atoms with van der Waals surface area (Å²) in [6, 6.07) is 3.55. The smallest absolute Gasteiger partial charge is 0.354 e. The van der Waals surface area contributed by atoms with Crippen molar-refractivity contribution < 1.29 is 19.1 Å². The minimum absolute atomic E-state index is 0.0282. The van der Waals surface area contributed by atoms with Crippen molar-refractivity contribution in [1.29, 1.82) is 0 Å². The lowest BCUT2D eigenvalue weighted by atomic mass is 10.1. The number of rotatable bonds is 6. The highest BCUT2D eigenvalue weighted by Gasteiger charge is 2.27. The van der Waals surface area contributed by atoms with Crippen LogP contribution in [-0.4, -0.2) is 47.3 Å². The number of Topliss-reactive ketones (excluding diaryl/α,β-unsaturated/α-hetero) is 1. The number of likely N-dealkylation sites (N-methyl/N-ethyl adjacent to an activating group) is 1. The van der Waals surface area contributed by atoms with Crippen LogP contribution in [0.15, 0.2) is 17.5 Å². The molecule has 134 valence electrons. The second-order valence-corrected chi connectivity index (χ2v) is 6.65. The Balaban J connectivity index is 2.31. The van der Waals surface area contributed by atoms with Gasteiger partial charge in [-0.05, 0) is 37.8 Å². The molecule has 0 bridgehead atoms. The third kappa shape index (κ3) is 3.51. The van der Waals surface area contributed by atoms with Crippen molar-refractivity contribution in [3.8, 4) is 0 Å². The van der Waals surface area contributed by atoms with Gasteiger partial charge in [-0.1, -0.05) is 6.07 Å². The first-order valence-electron chi connectivity index (χ1n) is 7.93. The lowest BCUT2D eigenvalue weighted by molar-refractivity contribution is 0.0588. The van der Waals surface area contributed by atoms with Gasteiger partial charge in [0.2, 0.25) is 0 Å². The molecule has 0 aromatic carbocycles. The van der Waals surface area contributed by atoms with Crippen LogP contribution < -0.4 is 0 Å². The molecular weight excluding hydrogens is 340 g/mol. The van der Waals surface area contributed by atoms with E-state index in [1.165, 1.54) is 23.3 Å². The van der Waals surface area contributed by atoms with Crippen molar-refractivity contribution in [3.63, 3.8) is 0 Å². The number of nitrogens with zero attached hydrogens (tertiary/aromatic N) is 2. The molecule has 0 aliphatic carbocycles. The monoisotopic (exact) mass is 362 g/mol. The largest absolute Gasteiger partial charge is 0.464 e. The second-order valence-electron chi connectivity index (χ2n) is 5.70. The summed E-state index contributed by atoms with van der Waals surface area (Å²) in [4.78, 5) is 39.4. The van der Waals surface area contributed by atoms with E-state index in [1.807, 2.05) is 18.4 Å². The van der Waals surface area contributed by atoms with Crippen molar-refractivity contribution in [1.82, 2.24) is 9.47 Å². The van der Waals surface area contributed by atoms with Crippen LogP contribution in [0.25, 0.3) is 0 Å². The van der Waals surface area contributed by atoms with E-state index in [2.05, 4.69) is 0 Å². The summed E-state index contributed by atoms with van der Waals surface area (Å²) >= 11 is 1.35. The molecule has 2 rings (SSSR count). The molecule has 0 spiro atoms. The predicted molar refractivity (Wildman–Crippen MR) is 96.5 cm³/mol. The van der Waals surface area contributed by atoms with Gasteiger partial charge >= 0.3 is 5.97 Å². The highest BCUT2D eigenvalue weighted by Crippen LogP contribution is 2.23. The molecule has 0 fully saturated rings. The van der Waals surface area contributed by atoms with E-state index < -0.39 is 5.97 Å². The fourth-order valence-corrected chi connectivity index (χ4v) is 3.60. The third-order valence-electron chi connectivity index (χ3n) is 4.32. The fraction of sp³-hybridized carbons (Fsp3) is 0.389. The van der Waals surface area contributed by atoms with Crippen LogP contribution in [-0.2, 0) is 11.8 Å². The van der Waals surface area contributed by atoms with Crippen molar-refractivity contribution in [2.75, 3.05) is 20.2 Å². The van der Waals surface area contributed by atoms with Gasteiger partial charge in [0.15, 0.2) is 5.78 Å². The highest BCUT2D eigenvalue weighted by molar-refractivity contribution is 7.12. The number of aromatic nitrogens is 1. The molecule has 7 heteroatoms. The number of ketones is 1. The van der Waals surface area contributed by atoms with Gasteiger partial charge in [0, 0.05) is 24.8 Å². The number of hydrogen-bond acceptors (Lipinski definition) is 5. The summed E-state index contributed by atoms with van der Waals surface area (Å²) < 4.78 is 6.46. The zero-order chi connectivity index (χ0) is 18.7. The minimum Gasteiger partial charge on any atom is -0.464 e. The Labute approximate surface area is 151 Å². The normalized spacial score (nSPS) is 10.6. The van der Waals surface area contributed by atoms with Gasteiger partial charge in [-0.15, -0.1) is 11.3 Å². The van der Waals surface area contributed by atoms with E-state index in [0.29, 0.717) is 33.9 Å². The Morgan fingerprint density at radius 1 is 1.28 bits per heavy atom. The number of amides is 1. The van der Waals surface area contributed by atoms with Gasteiger partial charge in [0.05, 0.1) is 18.5 Å². The van der Waals surface area contributed by atoms with Crippen LogP contribution in [0, 0.1) is 13.8 Å². The number of hydrogen-bond donors (Lipinski definition) is 0. The van der Waals surface area contributed by atoms with E-state index in [9.17, 15) is 14.4 Å². The molecule has 25 heavy (non-hydrogen) atoms. The Hall–Kier alpha value is -2.41. The van der Waals surface area contributed by atoms with Crippen LogP contribution in [0.3, 0.4) is 0 Å². The van der Waals surface area contributed by atoms with Crippen LogP contribution in [0.1, 0.15) is 48.7 Å². The van der Waals surface area contributed by atoms with Crippen LogP contribution in [0.2, 0.25) is 0 Å². The molecule has 0 saturated heterocycles. The first kappa shape index (κ1) is 18.9. The fourth-order valence-electron chi connectivity index (χ4n) is 2.91. The molecule has 0 aliphatic heterocycles. The zero-order valence-electron chi connectivity index (χ0n) is 15.1. The summed E-state index contributed by atoms with van der Waals surface area (Å²) in [5, 5.41) is 1.83. The summed E-state index contributed by atoms with van der Waals surface area (Å²) in [5.41, 5.74) is 2.09. The lowest BCUT2D eigenvalue weighted by Crippen LogP contribution is -2.35. The highest BCUT2D eigenvalue weighted by atomic mass is 32.1. The maximum absolute atomic E-state index is 12.9. The number of carbonyl (C=O) groups is 3. The molecule has 6 nitrogen and oxygen atoms in total. The minimum atomic E-state index is -0.482. The molecule has 0 N–H and O–H groups in total. The lowest BCUT2D eigenvalue weighted by Gasteiger charge is -2.19. The summed E-state index contributed by atoms with van der Waals surface area (Å²) in [5.74, 6) is -0.832. The van der Waals surface area contributed by atoms with Crippen molar-refractivity contribution in [2.24, 2.45) is 7.05 Å². The molecule has 2 heterocycles. The Kier molecular flexibility index (Phi) is 5.79. The average molecular weight is 362 g/mol. The second kappa shape index (κ2) is 7.65. The Morgan fingerprint density at radius 3 is 2.48 bits per heavy atom. The molecule has 0 unspecified atom stereocenters. The number of methoxy groups -OCH3 is 1. The van der Waals surface area contributed by atoms with E-state index in [1.54, 1.807) is 31.5 Å². The number of ether oxygens (including phenoxy) is 1. The van der Waals surface area contributed by atoms with Crippen molar-refractivity contribution in [3.05, 3.63) is 44.9 Å². The number of thiophene rings is 1. The first-order chi connectivity index (χ1) is 11.8. The molecule has 2 aromatic rings. The van der Waals surface area contributed by atoms with E-state index in [-0.39, 0.29) is 18.2 Å². The molecular formula is C18H22N2O4S. The van der Waals surface area contributed by atoms with Crippen LogP contribution in [0.4, 0.5) is 0 Å². The van der Waals surface area contributed by atoms with Crippen LogP contribution in [0.5, 0.6) is 0 Å². The SMILES string of the molecule is CCN(CC(=O)c1c(C)c(C(=O)OC)n(C)c1C)C(=O)c1cccs1. The molecule has 0 saturated carbocycles. The van der Waals surface area contributed by atoms with Gasteiger partial charge in [-0.25, -0.2) is 4.79 Å². The molecule has 1 amide bonds. The maximum atomic E-state index is 12.9. The maximum Gasteiger partial charge on any atom is 0.354 e. The quantitative estimate of drug-likeness (QED) is 0.585. The molecule has 2 aromatic heterocycles. The average Bonchev–Trinajstić information content (AvgIpc) is 3.19. The van der Waals surface area contributed by atoms with E-state index in [0.717, 1.165) is 0 Å². The summed E-state index contributed by atoms with van der Waals surface area (Å²) in [6.07, 6.45) is 0. The van der Waals surface area contributed by atoms with Gasteiger partial charge in [-0.2, -0.15) is 0 Å². The summed E-state index contributed by atoms with van der Waals surface area (Å²) in [6.45, 7) is 5.74. The molecule has 0 aliphatic rings. The van der Waals surface area contributed by atoms with Gasteiger partial charge in [0.1, 0.15) is 5.69 Å². The topological polar surface area (TPSA) is 68.6 Å². The number of carbonyl (C=O) groups excluding carboxylic acids is 3. The third-order valence-corrected chi connectivity index (χ3v) is 5.18. The van der Waals surface area contributed by atoms with Gasteiger partial charge in [-0.3, -0.25) is 9.59 Å². The zero-order valence-corrected chi connectivity index (χ0v) is 15.9. The predicted octanol–water partition coefficient (Wildman–Crippen LogP) is 2.84. The van der Waals surface area contributed by atoms with Gasteiger partial charge < -0.3 is 14.2 Å².